The Kier molecular flexibility index (Phi) is 58.7. The summed E-state index contributed by atoms with van der Waals surface area (Å²) in [5.74, 6) is -0.871. The highest BCUT2D eigenvalue weighted by molar-refractivity contribution is 5.71. The van der Waals surface area contributed by atoms with Gasteiger partial charge in [-0.05, 0) is 77.0 Å². The van der Waals surface area contributed by atoms with Crippen LogP contribution in [0.3, 0.4) is 0 Å². The number of esters is 3. The predicted molar refractivity (Wildman–Crippen MR) is 312 cm³/mol. The molecule has 0 aromatic rings. The minimum atomic E-state index is -0.774. The number of hydrogen-bond donors (Lipinski definition) is 0. The fourth-order valence-corrected chi connectivity index (χ4v) is 9.34. The average Bonchev–Trinajstić information content (AvgIpc) is 3.38. The fourth-order valence-electron chi connectivity index (χ4n) is 9.34. The number of hydrogen-bond acceptors (Lipinski definition) is 6. The SMILES string of the molecule is CC/C=C\C/C=C\C/C=C\CCCCCCCCCC(=O)OC(COC(=O)CCCCCCCCCC)COC(=O)CCCCCCCCCCCCCCCCCCC/C=C\CCCCCCCCCC. The monoisotopic (exact) mass is 1010 g/mol. The molecule has 0 aromatic carbocycles. The summed E-state index contributed by atoms with van der Waals surface area (Å²) in [5.41, 5.74) is 0. The lowest BCUT2D eigenvalue weighted by Crippen LogP contribution is -2.30. The fraction of sp³-hybridized carbons (Fsp3) is 0.833. The van der Waals surface area contributed by atoms with Gasteiger partial charge in [0.05, 0.1) is 0 Å². The minimum Gasteiger partial charge on any atom is -0.462 e. The van der Waals surface area contributed by atoms with Crippen molar-refractivity contribution in [3.63, 3.8) is 0 Å². The quantitative estimate of drug-likeness (QED) is 0.0261. The van der Waals surface area contributed by atoms with E-state index in [9.17, 15) is 14.4 Å². The first kappa shape index (κ1) is 69.4. The Bertz CT molecular complexity index is 1250. The zero-order valence-corrected chi connectivity index (χ0v) is 48.2. The molecule has 0 bridgehead atoms. The molecule has 72 heavy (non-hydrogen) atoms. The zero-order chi connectivity index (χ0) is 52.2. The van der Waals surface area contributed by atoms with Crippen LogP contribution in [0.2, 0.25) is 0 Å². The summed E-state index contributed by atoms with van der Waals surface area (Å²) in [6.07, 6.45) is 75.8. The lowest BCUT2D eigenvalue weighted by atomic mass is 10.0. The van der Waals surface area contributed by atoms with Gasteiger partial charge in [0.1, 0.15) is 13.2 Å². The van der Waals surface area contributed by atoms with Crippen LogP contribution in [-0.2, 0) is 28.6 Å². The summed E-state index contributed by atoms with van der Waals surface area (Å²) < 4.78 is 16.8. The van der Waals surface area contributed by atoms with Crippen molar-refractivity contribution < 1.29 is 28.6 Å². The maximum Gasteiger partial charge on any atom is 0.306 e. The second-order valence-electron chi connectivity index (χ2n) is 21.3. The van der Waals surface area contributed by atoms with Crippen LogP contribution >= 0.6 is 0 Å². The van der Waals surface area contributed by atoms with Crippen LogP contribution in [0.1, 0.15) is 335 Å². The molecule has 6 heteroatoms. The Balaban J connectivity index is 4.07. The van der Waals surface area contributed by atoms with Crippen molar-refractivity contribution in [2.24, 2.45) is 0 Å². The molecular formula is C66H120O6. The van der Waals surface area contributed by atoms with Gasteiger partial charge >= 0.3 is 17.9 Å². The third-order valence-electron chi connectivity index (χ3n) is 14.1. The van der Waals surface area contributed by atoms with Crippen LogP contribution in [0.25, 0.3) is 0 Å². The highest BCUT2D eigenvalue weighted by Crippen LogP contribution is 2.17. The molecule has 0 N–H and O–H groups in total. The number of rotatable bonds is 58. The molecule has 0 aromatic heterocycles. The molecule has 0 rings (SSSR count). The normalized spacial score (nSPS) is 12.3. The topological polar surface area (TPSA) is 78.9 Å². The Morgan fingerprint density at radius 1 is 0.292 bits per heavy atom. The summed E-state index contributed by atoms with van der Waals surface area (Å²) in [4.78, 5) is 38.1. The average molecular weight is 1010 g/mol. The van der Waals surface area contributed by atoms with Crippen molar-refractivity contribution in [1.82, 2.24) is 0 Å². The van der Waals surface area contributed by atoms with Gasteiger partial charge in [-0.2, -0.15) is 0 Å². The van der Waals surface area contributed by atoms with Gasteiger partial charge in [0.15, 0.2) is 6.10 Å². The van der Waals surface area contributed by atoms with Crippen molar-refractivity contribution in [2.45, 2.75) is 341 Å². The van der Waals surface area contributed by atoms with E-state index in [0.29, 0.717) is 19.3 Å². The lowest BCUT2D eigenvalue weighted by molar-refractivity contribution is -0.167. The van der Waals surface area contributed by atoms with E-state index >= 15 is 0 Å². The van der Waals surface area contributed by atoms with Crippen molar-refractivity contribution in [3.05, 3.63) is 48.6 Å². The first-order chi connectivity index (χ1) is 35.5. The highest BCUT2D eigenvalue weighted by atomic mass is 16.6. The van der Waals surface area contributed by atoms with Crippen LogP contribution in [0.5, 0.6) is 0 Å². The number of ether oxygens (including phenoxy) is 3. The second kappa shape index (κ2) is 60.9. The van der Waals surface area contributed by atoms with Crippen LogP contribution in [0.4, 0.5) is 0 Å². The molecule has 420 valence electrons. The Labute approximate surface area is 448 Å². The number of carbonyl (C=O) groups excluding carboxylic acids is 3. The molecule has 0 aliphatic rings. The summed E-state index contributed by atoms with van der Waals surface area (Å²) in [6.45, 7) is 6.53. The lowest BCUT2D eigenvalue weighted by Gasteiger charge is -2.18. The van der Waals surface area contributed by atoms with E-state index in [-0.39, 0.29) is 31.1 Å². The van der Waals surface area contributed by atoms with Gasteiger partial charge in [-0.25, -0.2) is 0 Å². The molecule has 0 heterocycles. The largest absolute Gasteiger partial charge is 0.462 e. The number of carbonyl (C=O) groups is 3. The maximum absolute atomic E-state index is 12.8. The van der Waals surface area contributed by atoms with Gasteiger partial charge in [0.25, 0.3) is 0 Å². The molecule has 0 aliphatic carbocycles. The van der Waals surface area contributed by atoms with Gasteiger partial charge in [-0.3, -0.25) is 14.4 Å². The summed E-state index contributed by atoms with van der Waals surface area (Å²) in [6, 6.07) is 0. The molecule has 0 saturated carbocycles. The van der Waals surface area contributed by atoms with Crippen LogP contribution in [0, 0.1) is 0 Å². The standard InChI is InChI=1S/C66H120O6/c1-4-7-10-13-16-19-21-23-25-27-28-29-30-31-32-33-34-35-36-37-38-40-41-43-45-47-50-53-56-59-65(68)71-62-63(61-70-64(67)58-55-52-49-18-15-12-9-6-3)72-66(69)60-57-54-51-48-46-44-42-39-26-24-22-20-17-14-11-8-5-2/h8,11,17,20,24,26-28,63H,4-7,9-10,12-16,18-19,21-23,25,29-62H2,1-3H3/b11-8-,20-17-,26-24-,28-27-. The Morgan fingerprint density at radius 2 is 0.542 bits per heavy atom. The second-order valence-corrected chi connectivity index (χ2v) is 21.3. The molecule has 0 amide bonds. The smallest absolute Gasteiger partial charge is 0.306 e. The summed E-state index contributed by atoms with van der Waals surface area (Å²) in [7, 11) is 0. The first-order valence-electron chi connectivity index (χ1n) is 31.6. The molecule has 0 fully saturated rings. The molecule has 1 unspecified atom stereocenters. The van der Waals surface area contributed by atoms with E-state index in [0.717, 1.165) is 83.5 Å². The molecule has 0 radical (unpaired) electrons. The molecule has 0 spiro atoms. The highest BCUT2D eigenvalue weighted by Gasteiger charge is 2.19. The van der Waals surface area contributed by atoms with Gasteiger partial charge < -0.3 is 14.2 Å². The van der Waals surface area contributed by atoms with E-state index in [1.54, 1.807) is 0 Å². The molecule has 6 nitrogen and oxygen atoms in total. The van der Waals surface area contributed by atoms with Gasteiger partial charge in [-0.1, -0.05) is 288 Å². The van der Waals surface area contributed by atoms with Crippen molar-refractivity contribution in [2.75, 3.05) is 13.2 Å². The maximum atomic E-state index is 12.8. The van der Waals surface area contributed by atoms with Gasteiger partial charge in [-0.15, -0.1) is 0 Å². The van der Waals surface area contributed by atoms with Crippen LogP contribution in [-0.4, -0.2) is 37.2 Å². The molecular weight excluding hydrogens is 889 g/mol. The summed E-state index contributed by atoms with van der Waals surface area (Å²) >= 11 is 0. The number of allylic oxidation sites excluding steroid dienone is 8. The summed E-state index contributed by atoms with van der Waals surface area (Å²) in [5, 5.41) is 0. The molecule has 1 atom stereocenters. The van der Waals surface area contributed by atoms with Gasteiger partial charge in [0.2, 0.25) is 0 Å². The Hall–Kier alpha value is -2.63. The minimum absolute atomic E-state index is 0.0735. The molecule has 0 saturated heterocycles. The predicted octanol–water partition coefficient (Wildman–Crippen LogP) is 21.4. The van der Waals surface area contributed by atoms with Crippen LogP contribution < -0.4 is 0 Å². The molecule has 0 aliphatic heterocycles. The van der Waals surface area contributed by atoms with Gasteiger partial charge in [0, 0.05) is 19.3 Å². The van der Waals surface area contributed by atoms with Crippen molar-refractivity contribution >= 4 is 17.9 Å². The van der Waals surface area contributed by atoms with E-state index < -0.39 is 6.10 Å². The first-order valence-corrected chi connectivity index (χ1v) is 31.6. The zero-order valence-electron chi connectivity index (χ0n) is 48.2. The van der Waals surface area contributed by atoms with E-state index in [1.165, 1.54) is 212 Å². The van der Waals surface area contributed by atoms with E-state index in [2.05, 4.69) is 69.4 Å². The Morgan fingerprint density at radius 3 is 0.861 bits per heavy atom. The van der Waals surface area contributed by atoms with Crippen LogP contribution in [0.15, 0.2) is 48.6 Å². The van der Waals surface area contributed by atoms with E-state index in [4.69, 9.17) is 14.2 Å². The van der Waals surface area contributed by atoms with E-state index in [1.807, 2.05) is 0 Å². The van der Waals surface area contributed by atoms with Crippen molar-refractivity contribution in [1.29, 1.82) is 0 Å². The third kappa shape index (κ3) is 58.3. The van der Waals surface area contributed by atoms with Crippen molar-refractivity contribution in [3.8, 4) is 0 Å². The number of unbranched alkanes of at least 4 members (excludes halogenated alkanes) is 39. The third-order valence-corrected chi connectivity index (χ3v) is 14.1.